The van der Waals surface area contributed by atoms with E-state index in [-0.39, 0.29) is 4.90 Å². The van der Waals surface area contributed by atoms with Crippen LogP contribution in [0.3, 0.4) is 0 Å². The van der Waals surface area contributed by atoms with Gasteiger partial charge in [0.1, 0.15) is 0 Å². The minimum absolute atomic E-state index is 0.177. The quantitative estimate of drug-likeness (QED) is 0.482. The van der Waals surface area contributed by atoms with Crippen LogP contribution in [0.4, 0.5) is 0 Å². The second kappa shape index (κ2) is 8.46. The fraction of sp³-hybridized carbons (Fsp3) is 0.0455. The maximum atomic E-state index is 12.8. The molecule has 0 bridgehead atoms. The summed E-state index contributed by atoms with van der Waals surface area (Å²) in [7, 11) is -3.81. The molecule has 0 atom stereocenters. The zero-order chi connectivity index (χ0) is 19.3. The molecule has 3 rings (SSSR count). The lowest BCUT2D eigenvalue weighted by Gasteiger charge is -2.05. The van der Waals surface area contributed by atoms with E-state index in [4.69, 9.17) is 0 Å². The molecule has 0 fully saturated rings. The Hall–Kier alpha value is -2.50. The lowest BCUT2D eigenvalue weighted by molar-refractivity contribution is 0.598. The topological polar surface area (TPSA) is 46.5 Å². The second-order valence-corrected chi connectivity index (χ2v) is 8.54. The van der Waals surface area contributed by atoms with Gasteiger partial charge in [0, 0.05) is 10.0 Å². The van der Waals surface area contributed by atoms with Crippen LogP contribution in [-0.2, 0) is 10.0 Å². The first-order chi connectivity index (χ1) is 12.9. The van der Waals surface area contributed by atoms with Gasteiger partial charge in [0.25, 0.3) is 10.0 Å². The van der Waals surface area contributed by atoms with E-state index >= 15 is 0 Å². The molecule has 27 heavy (non-hydrogen) atoms. The van der Waals surface area contributed by atoms with Crippen LogP contribution >= 0.6 is 15.9 Å². The summed E-state index contributed by atoms with van der Waals surface area (Å²) in [6.07, 6.45) is 3.58. The van der Waals surface area contributed by atoms with Crippen molar-refractivity contribution >= 4 is 37.7 Å². The van der Waals surface area contributed by atoms with Crippen molar-refractivity contribution in [1.82, 2.24) is 0 Å². The molecule has 0 aromatic heterocycles. The van der Waals surface area contributed by atoms with E-state index in [9.17, 15) is 8.42 Å². The Morgan fingerprint density at radius 1 is 0.889 bits per heavy atom. The Balaban J connectivity index is 2.05. The van der Waals surface area contributed by atoms with E-state index in [1.807, 2.05) is 67.6 Å². The van der Waals surface area contributed by atoms with Gasteiger partial charge in [-0.25, -0.2) is 0 Å². The van der Waals surface area contributed by atoms with E-state index in [0.717, 1.165) is 21.2 Å². The summed E-state index contributed by atoms with van der Waals surface area (Å²) in [5, 5.41) is 0. The molecule has 3 aromatic carbocycles. The molecule has 136 valence electrons. The van der Waals surface area contributed by atoms with Gasteiger partial charge in [0.15, 0.2) is 0 Å². The molecule has 5 heteroatoms. The predicted molar refractivity (Wildman–Crippen MR) is 115 cm³/mol. The van der Waals surface area contributed by atoms with Gasteiger partial charge in [-0.05, 0) is 42.8 Å². The summed E-state index contributed by atoms with van der Waals surface area (Å²) >= 11 is 3.40. The number of hydrogen-bond acceptors (Lipinski definition) is 2. The fourth-order valence-electron chi connectivity index (χ4n) is 2.43. The molecule has 3 aromatic rings. The van der Waals surface area contributed by atoms with Crippen LogP contribution in [0.5, 0.6) is 0 Å². The molecule has 3 nitrogen and oxygen atoms in total. The maximum absolute atomic E-state index is 12.8. The van der Waals surface area contributed by atoms with Gasteiger partial charge in [0.2, 0.25) is 0 Å². The van der Waals surface area contributed by atoms with Crippen LogP contribution in [-0.4, -0.2) is 14.1 Å². The molecular weight excluding hydrogens is 422 g/mol. The summed E-state index contributed by atoms with van der Waals surface area (Å²) in [4.78, 5) is 0.177. The van der Waals surface area contributed by atoms with Crippen LogP contribution in [0.1, 0.15) is 16.7 Å². The number of aryl methyl sites for hydroxylation is 1. The summed E-state index contributed by atoms with van der Waals surface area (Å²) in [6, 6.07) is 23.8. The molecular formula is C22H18BrNO2S. The maximum Gasteiger partial charge on any atom is 0.282 e. The minimum atomic E-state index is -3.81. The molecule has 0 unspecified atom stereocenters. The highest BCUT2D eigenvalue weighted by Gasteiger charge is 2.14. The van der Waals surface area contributed by atoms with E-state index in [1.165, 1.54) is 0 Å². The number of hydrogen-bond donors (Lipinski definition) is 0. The van der Waals surface area contributed by atoms with Crippen molar-refractivity contribution in [3.63, 3.8) is 0 Å². The molecule has 0 saturated carbocycles. The average Bonchev–Trinajstić information content (AvgIpc) is 2.67. The standard InChI is InChI=1S/C22H18BrNO2S/c1-17-7-14-21(15-8-17)27(25,26)24-22(19-10-12-20(23)13-11-19)16-9-18-5-3-2-4-6-18/h2-16H,1H3/b16-9+,24-22?. The molecule has 0 aliphatic rings. The summed E-state index contributed by atoms with van der Waals surface area (Å²) in [5.74, 6) is 0. The van der Waals surface area contributed by atoms with Gasteiger partial charge in [-0.1, -0.05) is 82.2 Å². The lowest BCUT2D eigenvalue weighted by Crippen LogP contribution is -2.04. The highest BCUT2D eigenvalue weighted by Crippen LogP contribution is 2.18. The van der Waals surface area contributed by atoms with Crippen LogP contribution in [0, 0.1) is 6.92 Å². The molecule has 0 heterocycles. The van der Waals surface area contributed by atoms with Crippen molar-refractivity contribution in [3.05, 3.63) is 106 Å². The minimum Gasteiger partial charge on any atom is -0.199 e. The molecule has 0 radical (unpaired) electrons. The van der Waals surface area contributed by atoms with Crippen molar-refractivity contribution in [1.29, 1.82) is 0 Å². The molecule has 0 spiro atoms. The van der Waals surface area contributed by atoms with Gasteiger partial charge in [-0.2, -0.15) is 12.8 Å². The Bertz CT molecular complexity index is 1070. The Morgan fingerprint density at radius 2 is 1.52 bits per heavy atom. The molecule has 0 N–H and O–H groups in total. The first kappa shape index (κ1) is 19.3. The third-order valence-corrected chi connectivity index (χ3v) is 5.74. The van der Waals surface area contributed by atoms with Gasteiger partial charge in [-0.15, -0.1) is 0 Å². The zero-order valence-corrected chi connectivity index (χ0v) is 17.1. The Kier molecular flexibility index (Phi) is 6.04. The average molecular weight is 440 g/mol. The smallest absolute Gasteiger partial charge is 0.199 e. The highest BCUT2D eigenvalue weighted by atomic mass is 79.9. The van der Waals surface area contributed by atoms with Gasteiger partial charge < -0.3 is 0 Å². The molecule has 0 aliphatic heterocycles. The molecule has 0 amide bonds. The van der Waals surface area contributed by atoms with Crippen molar-refractivity contribution in [2.45, 2.75) is 11.8 Å². The van der Waals surface area contributed by atoms with Crippen LogP contribution in [0.15, 0.2) is 98.7 Å². The number of sulfonamides is 1. The number of allylic oxidation sites excluding steroid dienone is 1. The Labute approximate surface area is 168 Å². The van der Waals surface area contributed by atoms with Crippen LogP contribution in [0.2, 0.25) is 0 Å². The number of benzene rings is 3. The van der Waals surface area contributed by atoms with Crippen molar-refractivity contribution in [3.8, 4) is 0 Å². The first-order valence-corrected chi connectivity index (χ1v) is 10.6. The predicted octanol–water partition coefficient (Wildman–Crippen LogP) is 5.65. The number of halogens is 1. The van der Waals surface area contributed by atoms with E-state index in [1.54, 1.807) is 30.3 Å². The lowest BCUT2D eigenvalue weighted by atomic mass is 10.1. The molecule has 0 saturated heterocycles. The monoisotopic (exact) mass is 439 g/mol. The van der Waals surface area contributed by atoms with E-state index in [2.05, 4.69) is 20.3 Å². The van der Waals surface area contributed by atoms with Crippen LogP contribution < -0.4 is 0 Å². The third kappa shape index (κ3) is 5.25. The highest BCUT2D eigenvalue weighted by molar-refractivity contribution is 9.10. The number of nitrogens with zero attached hydrogens (tertiary/aromatic N) is 1. The van der Waals surface area contributed by atoms with Gasteiger partial charge in [0.05, 0.1) is 10.6 Å². The van der Waals surface area contributed by atoms with Crippen molar-refractivity contribution in [2.75, 3.05) is 0 Å². The Morgan fingerprint density at radius 3 is 2.15 bits per heavy atom. The number of rotatable bonds is 5. The summed E-state index contributed by atoms with van der Waals surface area (Å²) in [5.41, 5.74) is 3.07. The molecule has 0 aliphatic carbocycles. The van der Waals surface area contributed by atoms with Crippen molar-refractivity contribution < 1.29 is 8.42 Å². The van der Waals surface area contributed by atoms with Gasteiger partial charge >= 0.3 is 0 Å². The summed E-state index contributed by atoms with van der Waals surface area (Å²) in [6.45, 7) is 1.91. The van der Waals surface area contributed by atoms with Gasteiger partial charge in [-0.3, -0.25) is 0 Å². The SMILES string of the molecule is Cc1ccc(S(=O)(=O)N=C(/C=C/c2ccccc2)c2ccc(Br)cc2)cc1. The zero-order valence-electron chi connectivity index (χ0n) is 14.7. The van der Waals surface area contributed by atoms with Crippen LogP contribution in [0.25, 0.3) is 6.08 Å². The van der Waals surface area contributed by atoms with E-state index < -0.39 is 10.0 Å². The third-order valence-electron chi connectivity index (χ3n) is 3.91. The van der Waals surface area contributed by atoms with E-state index in [0.29, 0.717) is 5.71 Å². The first-order valence-electron chi connectivity index (χ1n) is 8.35. The largest absolute Gasteiger partial charge is 0.282 e. The normalized spacial score (nSPS) is 12.4. The second-order valence-electron chi connectivity index (χ2n) is 6.02. The summed E-state index contributed by atoms with van der Waals surface area (Å²) < 4.78 is 30.6. The fourth-order valence-corrected chi connectivity index (χ4v) is 3.71. The van der Waals surface area contributed by atoms with Crippen molar-refractivity contribution in [2.24, 2.45) is 4.40 Å².